The first kappa shape index (κ1) is 16.9. The van der Waals surface area contributed by atoms with E-state index in [0.717, 1.165) is 57.0 Å². The fourth-order valence-corrected chi connectivity index (χ4v) is 4.43. The van der Waals surface area contributed by atoms with E-state index in [1.54, 1.807) is 7.11 Å². The molecule has 2 aliphatic carbocycles. The van der Waals surface area contributed by atoms with Gasteiger partial charge < -0.3 is 14.8 Å². The van der Waals surface area contributed by atoms with Crippen molar-refractivity contribution in [3.8, 4) is 5.75 Å². The number of rotatable bonds is 6. The summed E-state index contributed by atoms with van der Waals surface area (Å²) in [4.78, 5) is 15.6. The van der Waals surface area contributed by atoms with E-state index in [4.69, 9.17) is 9.47 Å². The van der Waals surface area contributed by atoms with Crippen molar-refractivity contribution in [3.63, 3.8) is 0 Å². The average Bonchev–Trinajstić information content (AvgIpc) is 3.43. The number of carbonyl (C=O) groups is 1. The van der Waals surface area contributed by atoms with E-state index in [2.05, 4.69) is 10.2 Å². The minimum Gasteiger partial charge on any atom is -0.496 e. The lowest BCUT2D eigenvalue weighted by Gasteiger charge is -2.51. The summed E-state index contributed by atoms with van der Waals surface area (Å²) in [7, 11) is 1.68. The number of para-hydroxylation sites is 1. The molecule has 1 heterocycles. The highest BCUT2D eigenvalue weighted by Gasteiger charge is 2.53. The van der Waals surface area contributed by atoms with E-state index >= 15 is 0 Å². The summed E-state index contributed by atoms with van der Waals surface area (Å²) in [6, 6.07) is 7.93. The fraction of sp³-hybridized carbons (Fsp3) is 0.650. The van der Waals surface area contributed by atoms with Crippen LogP contribution >= 0.6 is 0 Å². The molecule has 0 spiro atoms. The normalized spacial score (nSPS) is 24.2. The Morgan fingerprint density at radius 1 is 1.20 bits per heavy atom. The number of nitrogens with one attached hydrogen (secondary N) is 1. The zero-order valence-corrected chi connectivity index (χ0v) is 15.1. The molecular weight excluding hydrogens is 316 g/mol. The monoisotopic (exact) mass is 344 g/mol. The largest absolute Gasteiger partial charge is 0.496 e. The van der Waals surface area contributed by atoms with Gasteiger partial charge in [0.05, 0.1) is 25.7 Å². The van der Waals surface area contributed by atoms with Gasteiger partial charge in [0.25, 0.3) is 0 Å². The predicted molar refractivity (Wildman–Crippen MR) is 95.9 cm³/mol. The van der Waals surface area contributed by atoms with Crippen molar-refractivity contribution in [2.45, 2.75) is 43.1 Å². The SMILES string of the molecule is COc1ccccc1C1(C(=O)NCC2(N3CCOCC3)CCC2)CC1. The van der Waals surface area contributed by atoms with Gasteiger partial charge in [-0.05, 0) is 38.2 Å². The van der Waals surface area contributed by atoms with Crippen LogP contribution in [0.15, 0.2) is 24.3 Å². The van der Waals surface area contributed by atoms with Gasteiger partial charge in [-0.3, -0.25) is 9.69 Å². The Morgan fingerprint density at radius 3 is 2.52 bits per heavy atom. The van der Waals surface area contributed by atoms with Crippen molar-refractivity contribution in [3.05, 3.63) is 29.8 Å². The van der Waals surface area contributed by atoms with E-state index in [0.29, 0.717) is 0 Å². The highest BCUT2D eigenvalue weighted by Crippen LogP contribution is 2.51. The minimum absolute atomic E-state index is 0.149. The van der Waals surface area contributed by atoms with Crippen LogP contribution in [-0.2, 0) is 14.9 Å². The fourth-order valence-electron chi connectivity index (χ4n) is 4.43. The maximum atomic E-state index is 13.1. The molecule has 1 aromatic rings. The molecule has 1 aliphatic heterocycles. The van der Waals surface area contributed by atoms with Gasteiger partial charge in [0.15, 0.2) is 0 Å². The third-order valence-corrected chi connectivity index (χ3v) is 6.35. The summed E-state index contributed by atoms with van der Waals surface area (Å²) in [5, 5.41) is 3.30. The van der Waals surface area contributed by atoms with Crippen LogP contribution in [0.4, 0.5) is 0 Å². The van der Waals surface area contributed by atoms with Crippen LogP contribution in [0.2, 0.25) is 0 Å². The number of hydrogen-bond acceptors (Lipinski definition) is 4. The van der Waals surface area contributed by atoms with E-state index in [1.165, 1.54) is 19.3 Å². The van der Waals surface area contributed by atoms with Gasteiger partial charge >= 0.3 is 0 Å². The molecular formula is C20H28N2O3. The number of hydrogen-bond donors (Lipinski definition) is 1. The number of methoxy groups -OCH3 is 1. The molecule has 0 bridgehead atoms. The number of morpholine rings is 1. The topological polar surface area (TPSA) is 50.8 Å². The first-order chi connectivity index (χ1) is 12.2. The smallest absolute Gasteiger partial charge is 0.230 e. The molecule has 136 valence electrons. The van der Waals surface area contributed by atoms with Crippen molar-refractivity contribution in [1.82, 2.24) is 10.2 Å². The number of ether oxygens (including phenoxy) is 2. The van der Waals surface area contributed by atoms with E-state index in [-0.39, 0.29) is 16.9 Å². The summed E-state index contributed by atoms with van der Waals surface area (Å²) in [5.41, 5.74) is 0.794. The second-order valence-corrected chi connectivity index (χ2v) is 7.64. The zero-order chi connectivity index (χ0) is 17.3. The summed E-state index contributed by atoms with van der Waals surface area (Å²) in [5.74, 6) is 0.984. The van der Waals surface area contributed by atoms with Crippen LogP contribution in [0.5, 0.6) is 5.75 Å². The molecule has 2 saturated carbocycles. The number of carbonyl (C=O) groups excluding carboxylic acids is 1. The molecule has 0 atom stereocenters. The van der Waals surface area contributed by atoms with Crippen LogP contribution < -0.4 is 10.1 Å². The van der Waals surface area contributed by atoms with Gasteiger partial charge in [0.1, 0.15) is 5.75 Å². The molecule has 5 nitrogen and oxygen atoms in total. The van der Waals surface area contributed by atoms with Gasteiger partial charge in [-0.2, -0.15) is 0 Å². The second-order valence-electron chi connectivity index (χ2n) is 7.64. The van der Waals surface area contributed by atoms with Crippen LogP contribution in [0, 0.1) is 0 Å². The van der Waals surface area contributed by atoms with Gasteiger partial charge in [-0.15, -0.1) is 0 Å². The Balaban J connectivity index is 1.45. The number of benzene rings is 1. The van der Waals surface area contributed by atoms with Gasteiger partial charge in [-0.25, -0.2) is 0 Å². The lowest BCUT2D eigenvalue weighted by molar-refractivity contribution is -0.125. The molecule has 0 radical (unpaired) electrons. The Morgan fingerprint density at radius 2 is 1.92 bits per heavy atom. The van der Waals surface area contributed by atoms with Crippen molar-refractivity contribution >= 4 is 5.91 Å². The zero-order valence-electron chi connectivity index (χ0n) is 15.1. The van der Waals surface area contributed by atoms with Gasteiger partial charge in [0.2, 0.25) is 5.91 Å². The third-order valence-electron chi connectivity index (χ3n) is 6.35. The summed E-state index contributed by atoms with van der Waals surface area (Å²) in [6.45, 7) is 4.32. The van der Waals surface area contributed by atoms with Crippen LogP contribution in [0.25, 0.3) is 0 Å². The number of amides is 1. The number of nitrogens with zero attached hydrogens (tertiary/aromatic N) is 1. The molecule has 4 rings (SSSR count). The maximum Gasteiger partial charge on any atom is 0.230 e. The third kappa shape index (κ3) is 2.93. The molecule has 1 saturated heterocycles. The second kappa shape index (κ2) is 6.61. The van der Waals surface area contributed by atoms with E-state index in [9.17, 15) is 4.79 Å². The summed E-state index contributed by atoms with van der Waals surface area (Å²) in [6.07, 6.45) is 5.42. The highest BCUT2D eigenvalue weighted by atomic mass is 16.5. The maximum absolute atomic E-state index is 13.1. The van der Waals surface area contributed by atoms with E-state index in [1.807, 2.05) is 24.3 Å². The Hall–Kier alpha value is -1.59. The first-order valence-corrected chi connectivity index (χ1v) is 9.45. The van der Waals surface area contributed by atoms with Gasteiger partial charge in [-0.1, -0.05) is 18.2 Å². The van der Waals surface area contributed by atoms with Crippen molar-refractivity contribution < 1.29 is 14.3 Å². The van der Waals surface area contributed by atoms with Gasteiger partial charge in [0, 0.05) is 30.7 Å². The minimum atomic E-state index is -0.386. The first-order valence-electron chi connectivity index (χ1n) is 9.45. The van der Waals surface area contributed by atoms with Crippen LogP contribution in [0.3, 0.4) is 0 Å². The van der Waals surface area contributed by atoms with Crippen molar-refractivity contribution in [1.29, 1.82) is 0 Å². The predicted octanol–water partition coefficient (Wildman–Crippen LogP) is 2.10. The van der Waals surface area contributed by atoms with Crippen molar-refractivity contribution in [2.75, 3.05) is 40.0 Å². The molecule has 1 aromatic carbocycles. The van der Waals surface area contributed by atoms with Crippen molar-refractivity contribution in [2.24, 2.45) is 0 Å². The molecule has 1 N–H and O–H groups in total. The summed E-state index contributed by atoms with van der Waals surface area (Å²) < 4.78 is 11.0. The molecule has 25 heavy (non-hydrogen) atoms. The summed E-state index contributed by atoms with van der Waals surface area (Å²) >= 11 is 0. The Bertz CT molecular complexity index is 632. The van der Waals surface area contributed by atoms with E-state index < -0.39 is 0 Å². The standard InChI is InChI=1S/C20H28N2O3/c1-24-17-6-3-2-5-16(17)20(9-10-20)18(23)21-15-19(7-4-8-19)22-11-13-25-14-12-22/h2-3,5-6H,4,7-15H2,1H3,(H,21,23). The molecule has 3 fully saturated rings. The van der Waals surface area contributed by atoms with Crippen LogP contribution in [-0.4, -0.2) is 56.3 Å². The lowest BCUT2D eigenvalue weighted by atomic mass is 9.74. The highest BCUT2D eigenvalue weighted by molar-refractivity contribution is 5.92. The Labute approximate surface area is 149 Å². The molecule has 1 amide bonds. The molecule has 0 aromatic heterocycles. The lowest BCUT2D eigenvalue weighted by Crippen LogP contribution is -2.63. The molecule has 0 unspecified atom stereocenters. The Kier molecular flexibility index (Phi) is 4.46. The molecule has 5 heteroatoms. The molecule has 3 aliphatic rings. The average molecular weight is 344 g/mol. The quantitative estimate of drug-likeness (QED) is 0.859. The van der Waals surface area contributed by atoms with Crippen LogP contribution in [0.1, 0.15) is 37.7 Å².